The van der Waals surface area contributed by atoms with Gasteiger partial charge in [-0.3, -0.25) is 0 Å². The summed E-state index contributed by atoms with van der Waals surface area (Å²) >= 11 is 0. The van der Waals surface area contributed by atoms with Crippen LogP contribution in [0.15, 0.2) is 24.3 Å². The molecule has 112 valence electrons. The molecule has 1 atom stereocenters. The Bertz CT molecular complexity index is 419. The van der Waals surface area contributed by atoms with E-state index in [0.29, 0.717) is 12.0 Å². The van der Waals surface area contributed by atoms with Crippen LogP contribution < -0.4 is 5.73 Å². The van der Waals surface area contributed by atoms with Crippen LogP contribution in [0.2, 0.25) is 0 Å². The van der Waals surface area contributed by atoms with Crippen molar-refractivity contribution in [2.45, 2.75) is 57.3 Å². The van der Waals surface area contributed by atoms with Gasteiger partial charge in [0, 0.05) is 5.56 Å². The van der Waals surface area contributed by atoms with Gasteiger partial charge < -0.3 is 15.2 Å². The molecule has 0 saturated heterocycles. The fourth-order valence-corrected chi connectivity index (χ4v) is 3.00. The molecular formula is C16H24FNO2. The highest BCUT2D eigenvalue weighted by atomic mass is 19.1. The number of nitrogens with two attached hydrogens (primary N) is 1. The average molecular weight is 281 g/mol. The molecule has 20 heavy (non-hydrogen) atoms. The van der Waals surface area contributed by atoms with Crippen LogP contribution in [-0.4, -0.2) is 13.0 Å². The van der Waals surface area contributed by atoms with Crippen LogP contribution in [-0.2, 0) is 15.1 Å². The normalized spacial score (nSPS) is 19.8. The van der Waals surface area contributed by atoms with E-state index < -0.39 is 5.60 Å². The third-order valence-corrected chi connectivity index (χ3v) is 4.00. The average Bonchev–Trinajstić information content (AvgIpc) is 2.48. The summed E-state index contributed by atoms with van der Waals surface area (Å²) in [5.74, 6) is -0.197. The Kier molecular flexibility index (Phi) is 5.52. The molecule has 0 aliphatic heterocycles. The predicted molar refractivity (Wildman–Crippen MR) is 76.5 cm³/mol. The molecule has 1 aromatic rings. The van der Waals surface area contributed by atoms with Gasteiger partial charge in [0.05, 0.1) is 12.3 Å². The van der Waals surface area contributed by atoms with Crippen molar-refractivity contribution in [3.05, 3.63) is 35.6 Å². The fraction of sp³-hybridized carbons (Fsp3) is 0.625. The molecule has 2 rings (SSSR count). The largest absolute Gasteiger partial charge is 0.341 e. The van der Waals surface area contributed by atoms with Gasteiger partial charge in [-0.2, -0.15) is 0 Å². The van der Waals surface area contributed by atoms with Crippen LogP contribution in [0.3, 0.4) is 0 Å². The van der Waals surface area contributed by atoms with Crippen LogP contribution >= 0.6 is 0 Å². The molecule has 0 amide bonds. The summed E-state index contributed by atoms with van der Waals surface area (Å²) in [5.41, 5.74) is 5.53. The zero-order valence-electron chi connectivity index (χ0n) is 12.1. The number of hydrogen-bond donors (Lipinski definition) is 1. The summed E-state index contributed by atoms with van der Waals surface area (Å²) in [7, 11) is 0. The summed E-state index contributed by atoms with van der Waals surface area (Å²) in [5, 5.41) is 0. The van der Waals surface area contributed by atoms with Crippen molar-refractivity contribution < 1.29 is 13.9 Å². The van der Waals surface area contributed by atoms with Gasteiger partial charge in [0.15, 0.2) is 6.29 Å². The Morgan fingerprint density at radius 2 is 1.95 bits per heavy atom. The summed E-state index contributed by atoms with van der Waals surface area (Å²) in [6.45, 7) is 2.10. The molecule has 3 nitrogen and oxygen atoms in total. The molecule has 1 saturated carbocycles. The van der Waals surface area contributed by atoms with Crippen LogP contribution in [0, 0.1) is 5.82 Å². The number of benzene rings is 1. The summed E-state index contributed by atoms with van der Waals surface area (Å²) in [6, 6.07) is 6.90. The molecule has 0 bridgehead atoms. The van der Waals surface area contributed by atoms with Crippen LogP contribution in [0.5, 0.6) is 0 Å². The second kappa shape index (κ2) is 7.16. The SMILES string of the molecule is CCC(OCN)OC1(c2ccccc2F)CCCCC1. The number of halogens is 1. The number of hydrogen-bond acceptors (Lipinski definition) is 3. The molecule has 1 unspecified atom stereocenters. The van der Waals surface area contributed by atoms with E-state index in [-0.39, 0.29) is 18.8 Å². The molecule has 4 heteroatoms. The highest BCUT2D eigenvalue weighted by Gasteiger charge is 2.39. The first-order chi connectivity index (χ1) is 9.72. The first kappa shape index (κ1) is 15.4. The molecule has 1 aliphatic carbocycles. The standard InChI is InChI=1S/C16H24FNO2/c1-2-15(19-12-18)20-16(10-6-3-7-11-16)13-8-4-5-9-14(13)17/h4-5,8-9,15H,2-3,6-7,10-12,18H2,1H3. The van der Waals surface area contributed by atoms with Gasteiger partial charge in [-0.25, -0.2) is 4.39 Å². The monoisotopic (exact) mass is 281 g/mol. The summed E-state index contributed by atoms with van der Waals surface area (Å²) in [6.07, 6.45) is 5.26. The summed E-state index contributed by atoms with van der Waals surface area (Å²) < 4.78 is 25.8. The highest BCUT2D eigenvalue weighted by Crippen LogP contribution is 2.42. The van der Waals surface area contributed by atoms with Gasteiger partial charge in [-0.15, -0.1) is 0 Å². The molecule has 0 heterocycles. The minimum atomic E-state index is -0.570. The lowest BCUT2D eigenvalue weighted by Crippen LogP contribution is -2.38. The Morgan fingerprint density at radius 3 is 2.55 bits per heavy atom. The first-order valence-electron chi connectivity index (χ1n) is 7.46. The highest BCUT2D eigenvalue weighted by molar-refractivity contribution is 5.25. The van der Waals surface area contributed by atoms with Crippen molar-refractivity contribution in [2.75, 3.05) is 6.73 Å². The van der Waals surface area contributed by atoms with Gasteiger partial charge in [0.1, 0.15) is 5.82 Å². The van der Waals surface area contributed by atoms with E-state index in [0.717, 1.165) is 25.7 Å². The Morgan fingerprint density at radius 1 is 1.25 bits per heavy atom. The van der Waals surface area contributed by atoms with Crippen LogP contribution in [0.4, 0.5) is 4.39 Å². The maximum atomic E-state index is 14.2. The first-order valence-corrected chi connectivity index (χ1v) is 7.46. The van der Waals surface area contributed by atoms with Crippen molar-refractivity contribution >= 4 is 0 Å². The second-order valence-corrected chi connectivity index (χ2v) is 5.32. The van der Waals surface area contributed by atoms with Crippen LogP contribution in [0.1, 0.15) is 51.0 Å². The number of ether oxygens (including phenoxy) is 2. The second-order valence-electron chi connectivity index (χ2n) is 5.32. The van der Waals surface area contributed by atoms with E-state index >= 15 is 0 Å². The van der Waals surface area contributed by atoms with E-state index in [1.54, 1.807) is 6.07 Å². The molecule has 2 N–H and O–H groups in total. The third kappa shape index (κ3) is 3.37. The van der Waals surface area contributed by atoms with Crippen molar-refractivity contribution in [3.63, 3.8) is 0 Å². The Labute approximate surface area is 120 Å². The van der Waals surface area contributed by atoms with E-state index in [4.69, 9.17) is 15.2 Å². The Balaban J connectivity index is 2.28. The molecule has 0 aromatic heterocycles. The van der Waals surface area contributed by atoms with Crippen molar-refractivity contribution in [2.24, 2.45) is 5.73 Å². The molecule has 0 spiro atoms. The third-order valence-electron chi connectivity index (χ3n) is 4.00. The van der Waals surface area contributed by atoms with Crippen molar-refractivity contribution in [3.8, 4) is 0 Å². The Hall–Kier alpha value is -0.970. The molecule has 1 fully saturated rings. The lowest BCUT2D eigenvalue weighted by molar-refractivity contribution is -0.226. The zero-order valence-corrected chi connectivity index (χ0v) is 12.1. The smallest absolute Gasteiger partial charge is 0.160 e. The van der Waals surface area contributed by atoms with Gasteiger partial charge in [-0.05, 0) is 25.3 Å². The quantitative estimate of drug-likeness (QED) is 0.809. The molecular weight excluding hydrogens is 257 g/mol. The van der Waals surface area contributed by atoms with Crippen molar-refractivity contribution in [1.29, 1.82) is 0 Å². The van der Waals surface area contributed by atoms with Crippen LogP contribution in [0.25, 0.3) is 0 Å². The van der Waals surface area contributed by atoms with Gasteiger partial charge in [0.25, 0.3) is 0 Å². The van der Waals surface area contributed by atoms with E-state index in [2.05, 4.69) is 0 Å². The van der Waals surface area contributed by atoms with E-state index in [1.807, 2.05) is 19.1 Å². The van der Waals surface area contributed by atoms with E-state index in [1.165, 1.54) is 12.5 Å². The molecule has 1 aliphatic rings. The maximum absolute atomic E-state index is 14.2. The zero-order chi connectivity index (χ0) is 14.4. The van der Waals surface area contributed by atoms with E-state index in [9.17, 15) is 4.39 Å². The lowest BCUT2D eigenvalue weighted by Gasteiger charge is -2.40. The van der Waals surface area contributed by atoms with Crippen molar-refractivity contribution in [1.82, 2.24) is 0 Å². The predicted octanol–water partition coefficient (Wildman–Crippen LogP) is 3.67. The maximum Gasteiger partial charge on any atom is 0.160 e. The van der Waals surface area contributed by atoms with Gasteiger partial charge >= 0.3 is 0 Å². The topological polar surface area (TPSA) is 44.5 Å². The van der Waals surface area contributed by atoms with Gasteiger partial charge in [0.2, 0.25) is 0 Å². The fourth-order valence-electron chi connectivity index (χ4n) is 3.00. The van der Waals surface area contributed by atoms with Gasteiger partial charge in [-0.1, -0.05) is 44.4 Å². The molecule has 1 aromatic carbocycles. The lowest BCUT2D eigenvalue weighted by atomic mass is 9.79. The molecule has 0 radical (unpaired) electrons. The summed E-state index contributed by atoms with van der Waals surface area (Å²) in [4.78, 5) is 0. The minimum Gasteiger partial charge on any atom is -0.341 e. The minimum absolute atomic E-state index is 0.117. The number of rotatable bonds is 6.